The number of carbonyl (C=O) groups excluding carboxylic acids is 3. The van der Waals surface area contributed by atoms with Gasteiger partial charge < -0.3 is 10.1 Å². The lowest BCUT2D eigenvalue weighted by Gasteiger charge is -2.24. The first-order valence-electron chi connectivity index (χ1n) is 13.2. The SMILES string of the molecule is CCCCCCOc1ccc(NC(=O)CC2C(=O)N(c3ccc(Cl)cc3)C(=S)N2NC(=O)c2ccccc2)cc1. The van der Waals surface area contributed by atoms with Crippen molar-refractivity contribution in [3.63, 3.8) is 0 Å². The number of nitrogens with one attached hydrogen (secondary N) is 2. The molecule has 208 valence electrons. The van der Waals surface area contributed by atoms with Gasteiger partial charge in [-0.05, 0) is 79.3 Å². The zero-order valence-corrected chi connectivity index (χ0v) is 23.7. The van der Waals surface area contributed by atoms with Crippen molar-refractivity contribution in [2.75, 3.05) is 16.8 Å². The molecule has 0 aliphatic carbocycles. The Bertz CT molecular complexity index is 1340. The Morgan fingerprint density at radius 2 is 1.65 bits per heavy atom. The van der Waals surface area contributed by atoms with E-state index in [-0.39, 0.29) is 11.5 Å². The Morgan fingerprint density at radius 1 is 0.950 bits per heavy atom. The summed E-state index contributed by atoms with van der Waals surface area (Å²) in [5, 5.41) is 4.64. The van der Waals surface area contributed by atoms with E-state index in [1.807, 2.05) is 0 Å². The Kier molecular flexibility index (Phi) is 10.1. The minimum absolute atomic E-state index is 0.0508. The van der Waals surface area contributed by atoms with Crippen LogP contribution in [0.3, 0.4) is 0 Å². The molecule has 0 aromatic heterocycles. The number of unbranched alkanes of at least 4 members (excludes halogenated alkanes) is 3. The lowest BCUT2D eigenvalue weighted by molar-refractivity contribution is -0.124. The fraction of sp³-hybridized carbons (Fsp3) is 0.267. The largest absolute Gasteiger partial charge is 0.494 e. The molecule has 2 N–H and O–H groups in total. The molecule has 3 aromatic rings. The Morgan fingerprint density at radius 3 is 2.33 bits per heavy atom. The molecule has 4 rings (SSSR count). The first-order chi connectivity index (χ1) is 19.4. The molecule has 3 aromatic carbocycles. The fourth-order valence-corrected chi connectivity index (χ4v) is 4.73. The van der Waals surface area contributed by atoms with Gasteiger partial charge in [-0.3, -0.25) is 24.7 Å². The summed E-state index contributed by atoms with van der Waals surface area (Å²) in [4.78, 5) is 40.8. The summed E-state index contributed by atoms with van der Waals surface area (Å²) < 4.78 is 5.76. The van der Waals surface area contributed by atoms with Crippen LogP contribution in [0, 0.1) is 0 Å². The van der Waals surface area contributed by atoms with Crippen LogP contribution in [0.4, 0.5) is 11.4 Å². The van der Waals surface area contributed by atoms with Crippen LogP contribution < -0.4 is 20.4 Å². The maximum atomic E-state index is 13.5. The van der Waals surface area contributed by atoms with Gasteiger partial charge in [-0.2, -0.15) is 0 Å². The quantitative estimate of drug-likeness (QED) is 0.203. The van der Waals surface area contributed by atoms with Gasteiger partial charge in [0.25, 0.3) is 11.8 Å². The second-order valence-corrected chi connectivity index (χ2v) is 10.1. The molecule has 1 saturated heterocycles. The molecule has 0 radical (unpaired) electrons. The number of anilines is 2. The fourth-order valence-electron chi connectivity index (χ4n) is 4.23. The average Bonchev–Trinajstić information content (AvgIpc) is 3.18. The molecular weight excluding hydrogens is 548 g/mol. The number of carbonyl (C=O) groups is 3. The van der Waals surface area contributed by atoms with Gasteiger partial charge in [-0.15, -0.1) is 0 Å². The summed E-state index contributed by atoms with van der Waals surface area (Å²) in [6.07, 6.45) is 4.24. The molecule has 3 amide bonds. The molecule has 1 aliphatic rings. The lowest BCUT2D eigenvalue weighted by Crippen LogP contribution is -2.49. The van der Waals surface area contributed by atoms with E-state index in [0.717, 1.165) is 18.6 Å². The smallest absolute Gasteiger partial charge is 0.269 e. The minimum atomic E-state index is -1.05. The maximum Gasteiger partial charge on any atom is 0.269 e. The van der Waals surface area contributed by atoms with Gasteiger partial charge in [0, 0.05) is 16.3 Å². The number of nitrogens with zero attached hydrogens (tertiary/aromatic N) is 2. The Hall–Kier alpha value is -3.95. The van der Waals surface area contributed by atoms with Gasteiger partial charge in [0.05, 0.1) is 18.7 Å². The molecule has 1 atom stereocenters. The van der Waals surface area contributed by atoms with E-state index in [1.54, 1.807) is 78.9 Å². The Balaban J connectivity index is 1.45. The van der Waals surface area contributed by atoms with Crippen LogP contribution in [0.15, 0.2) is 78.9 Å². The molecule has 0 spiro atoms. The second-order valence-electron chi connectivity index (χ2n) is 9.31. The van der Waals surface area contributed by atoms with Crippen LogP contribution >= 0.6 is 23.8 Å². The van der Waals surface area contributed by atoms with Crippen molar-refractivity contribution in [3.8, 4) is 5.75 Å². The number of hydrogen-bond donors (Lipinski definition) is 2. The predicted octanol–water partition coefficient (Wildman–Crippen LogP) is 5.98. The molecular formula is C30H31ClN4O4S. The normalized spacial score (nSPS) is 14.8. The predicted molar refractivity (Wildman–Crippen MR) is 160 cm³/mol. The molecule has 40 heavy (non-hydrogen) atoms. The van der Waals surface area contributed by atoms with Gasteiger partial charge >= 0.3 is 0 Å². The highest BCUT2D eigenvalue weighted by atomic mass is 35.5. The number of hydrazine groups is 1. The van der Waals surface area contributed by atoms with E-state index in [9.17, 15) is 14.4 Å². The van der Waals surface area contributed by atoms with E-state index in [2.05, 4.69) is 17.7 Å². The van der Waals surface area contributed by atoms with E-state index in [1.165, 1.54) is 22.8 Å². The standard InChI is InChI=1S/C30H31ClN4O4S/c1-2-3-4-8-19-39-25-17-13-23(14-18-25)32-27(36)20-26-29(38)34(24-15-11-22(31)12-16-24)30(40)35(26)33-28(37)21-9-6-5-7-10-21/h5-7,9-18,26H,2-4,8,19-20H2,1H3,(H,32,36)(H,33,37). The summed E-state index contributed by atoms with van der Waals surface area (Å²) in [6.45, 7) is 2.81. The molecule has 8 nitrogen and oxygen atoms in total. The third kappa shape index (κ3) is 7.37. The molecule has 1 unspecified atom stereocenters. The molecule has 0 bridgehead atoms. The number of benzene rings is 3. The number of amides is 3. The molecule has 10 heteroatoms. The van der Waals surface area contributed by atoms with Crippen molar-refractivity contribution in [3.05, 3.63) is 89.4 Å². The van der Waals surface area contributed by atoms with E-state index in [4.69, 9.17) is 28.6 Å². The first-order valence-corrected chi connectivity index (χ1v) is 14.0. The summed E-state index contributed by atoms with van der Waals surface area (Å²) in [5.41, 5.74) is 4.14. The molecule has 1 heterocycles. The third-order valence-electron chi connectivity index (χ3n) is 6.34. The van der Waals surface area contributed by atoms with E-state index >= 15 is 0 Å². The number of thiocarbonyl (C=S) groups is 1. The van der Waals surface area contributed by atoms with Crippen LogP contribution in [0.2, 0.25) is 5.02 Å². The number of halogens is 1. The third-order valence-corrected chi connectivity index (χ3v) is 6.97. The highest BCUT2D eigenvalue weighted by Crippen LogP contribution is 2.28. The van der Waals surface area contributed by atoms with Crippen LogP contribution in [-0.2, 0) is 9.59 Å². The highest BCUT2D eigenvalue weighted by Gasteiger charge is 2.45. The summed E-state index contributed by atoms with van der Waals surface area (Å²) in [5.74, 6) is -0.586. The van der Waals surface area contributed by atoms with Crippen molar-refractivity contribution in [1.29, 1.82) is 0 Å². The number of rotatable bonds is 12. The monoisotopic (exact) mass is 578 g/mol. The summed E-state index contributed by atoms with van der Waals surface area (Å²) in [6, 6.07) is 21.2. The zero-order chi connectivity index (χ0) is 28.5. The van der Waals surface area contributed by atoms with Crippen LogP contribution in [0.25, 0.3) is 0 Å². The average molecular weight is 579 g/mol. The topological polar surface area (TPSA) is 91.0 Å². The molecule has 1 fully saturated rings. The van der Waals surface area contributed by atoms with Crippen molar-refractivity contribution >= 4 is 58.0 Å². The van der Waals surface area contributed by atoms with Crippen molar-refractivity contribution < 1.29 is 19.1 Å². The highest BCUT2D eigenvalue weighted by molar-refractivity contribution is 7.80. The van der Waals surface area contributed by atoms with Gasteiger partial charge in [0.1, 0.15) is 11.8 Å². The lowest BCUT2D eigenvalue weighted by atomic mass is 10.1. The van der Waals surface area contributed by atoms with Gasteiger partial charge in [0.15, 0.2) is 0 Å². The van der Waals surface area contributed by atoms with Crippen LogP contribution in [0.1, 0.15) is 49.4 Å². The summed E-state index contributed by atoms with van der Waals surface area (Å²) >= 11 is 11.6. The van der Waals surface area contributed by atoms with E-state index < -0.39 is 23.8 Å². The summed E-state index contributed by atoms with van der Waals surface area (Å²) in [7, 11) is 0. The maximum absolute atomic E-state index is 13.5. The minimum Gasteiger partial charge on any atom is -0.494 e. The van der Waals surface area contributed by atoms with Crippen LogP contribution in [0.5, 0.6) is 5.75 Å². The van der Waals surface area contributed by atoms with Crippen molar-refractivity contribution in [2.24, 2.45) is 0 Å². The van der Waals surface area contributed by atoms with Gasteiger partial charge in [0.2, 0.25) is 11.0 Å². The molecule has 1 aliphatic heterocycles. The van der Waals surface area contributed by atoms with E-state index in [0.29, 0.717) is 28.6 Å². The first kappa shape index (κ1) is 29.0. The zero-order valence-electron chi connectivity index (χ0n) is 22.1. The Labute approximate surface area is 244 Å². The molecule has 0 saturated carbocycles. The second kappa shape index (κ2) is 13.9. The number of hydrogen-bond acceptors (Lipinski definition) is 5. The van der Waals surface area contributed by atoms with Gasteiger partial charge in [-0.25, -0.2) is 5.01 Å². The van der Waals surface area contributed by atoms with Crippen molar-refractivity contribution in [1.82, 2.24) is 10.4 Å². The van der Waals surface area contributed by atoms with Gasteiger partial charge in [-0.1, -0.05) is 56.0 Å². The number of ether oxygens (including phenoxy) is 1. The van der Waals surface area contributed by atoms with Crippen molar-refractivity contribution in [2.45, 2.75) is 45.1 Å². The van der Waals surface area contributed by atoms with Crippen LogP contribution in [-0.4, -0.2) is 40.5 Å².